The highest BCUT2D eigenvalue weighted by Crippen LogP contribution is 2.22. The summed E-state index contributed by atoms with van der Waals surface area (Å²) in [6, 6.07) is 8.17. The molecular formula is C15H20N2O. The summed E-state index contributed by atoms with van der Waals surface area (Å²) < 4.78 is 5.69. The molecule has 2 rings (SSSR count). The van der Waals surface area contributed by atoms with Gasteiger partial charge in [0, 0.05) is 17.5 Å². The third-order valence-corrected chi connectivity index (χ3v) is 2.83. The van der Waals surface area contributed by atoms with Gasteiger partial charge in [-0.2, -0.15) is 0 Å². The number of pyridine rings is 1. The maximum Gasteiger partial charge on any atom is 0.120 e. The summed E-state index contributed by atoms with van der Waals surface area (Å²) >= 11 is 0. The molecule has 0 fully saturated rings. The summed E-state index contributed by atoms with van der Waals surface area (Å²) in [4.78, 5) is 4.65. The molecule has 18 heavy (non-hydrogen) atoms. The quantitative estimate of drug-likeness (QED) is 0.899. The Morgan fingerprint density at radius 2 is 2.06 bits per heavy atom. The third-order valence-electron chi connectivity index (χ3n) is 2.83. The summed E-state index contributed by atoms with van der Waals surface area (Å²) in [5, 5.41) is 1.12. The lowest BCUT2D eigenvalue weighted by molar-refractivity contribution is 0.243. The smallest absolute Gasteiger partial charge is 0.120 e. The molecule has 0 aliphatic rings. The molecule has 0 aliphatic carbocycles. The number of rotatable bonds is 4. The molecule has 1 aromatic heterocycles. The average Bonchev–Trinajstić information content (AvgIpc) is 2.30. The zero-order valence-electron chi connectivity index (χ0n) is 11.2. The third kappa shape index (κ3) is 2.79. The Morgan fingerprint density at radius 1 is 1.28 bits per heavy atom. The molecule has 0 radical (unpaired) electrons. The van der Waals surface area contributed by atoms with Crippen LogP contribution in [-0.2, 0) is 6.42 Å². The number of aryl methyl sites for hydroxylation is 1. The minimum atomic E-state index is 0.188. The first-order valence-electron chi connectivity index (χ1n) is 6.37. The van der Waals surface area contributed by atoms with Crippen LogP contribution >= 0.6 is 0 Å². The Labute approximate surface area is 108 Å². The molecule has 1 aromatic carbocycles. The van der Waals surface area contributed by atoms with E-state index < -0.39 is 0 Å². The van der Waals surface area contributed by atoms with E-state index in [4.69, 9.17) is 10.5 Å². The van der Waals surface area contributed by atoms with E-state index in [1.54, 1.807) is 0 Å². The van der Waals surface area contributed by atoms with E-state index in [-0.39, 0.29) is 6.10 Å². The van der Waals surface area contributed by atoms with Crippen LogP contribution < -0.4 is 10.5 Å². The topological polar surface area (TPSA) is 48.1 Å². The molecular weight excluding hydrogens is 224 g/mol. The highest BCUT2D eigenvalue weighted by Gasteiger charge is 2.05. The van der Waals surface area contributed by atoms with Gasteiger partial charge in [-0.15, -0.1) is 0 Å². The zero-order chi connectivity index (χ0) is 13.1. The predicted octanol–water partition coefficient (Wildman–Crippen LogP) is 2.83. The van der Waals surface area contributed by atoms with Crippen molar-refractivity contribution < 1.29 is 4.74 Å². The molecule has 0 atom stereocenters. The van der Waals surface area contributed by atoms with Gasteiger partial charge in [0.1, 0.15) is 5.75 Å². The second-order valence-electron chi connectivity index (χ2n) is 4.81. The second kappa shape index (κ2) is 5.36. The number of hydrogen-bond donors (Lipinski definition) is 1. The lowest BCUT2D eigenvalue weighted by Crippen LogP contribution is -2.07. The molecule has 3 nitrogen and oxygen atoms in total. The molecule has 96 valence electrons. The van der Waals surface area contributed by atoms with Gasteiger partial charge >= 0.3 is 0 Å². The molecule has 0 saturated carbocycles. The van der Waals surface area contributed by atoms with Crippen molar-refractivity contribution in [1.82, 2.24) is 4.98 Å². The number of ether oxygens (including phenoxy) is 1. The molecule has 0 unspecified atom stereocenters. The van der Waals surface area contributed by atoms with Gasteiger partial charge in [-0.05, 0) is 57.1 Å². The van der Waals surface area contributed by atoms with Crippen molar-refractivity contribution in [3.8, 4) is 5.75 Å². The van der Waals surface area contributed by atoms with E-state index in [2.05, 4.69) is 18.0 Å². The van der Waals surface area contributed by atoms with Crippen LogP contribution in [0.2, 0.25) is 0 Å². The summed E-state index contributed by atoms with van der Waals surface area (Å²) in [5.74, 6) is 0.894. The largest absolute Gasteiger partial charge is 0.491 e. The fourth-order valence-corrected chi connectivity index (χ4v) is 2.04. The van der Waals surface area contributed by atoms with Crippen LogP contribution in [0.25, 0.3) is 10.9 Å². The van der Waals surface area contributed by atoms with E-state index in [0.717, 1.165) is 28.8 Å². The first-order chi connectivity index (χ1) is 8.60. The van der Waals surface area contributed by atoms with Crippen molar-refractivity contribution in [2.75, 3.05) is 6.54 Å². The summed E-state index contributed by atoms with van der Waals surface area (Å²) in [5.41, 5.74) is 8.87. The highest BCUT2D eigenvalue weighted by atomic mass is 16.5. The van der Waals surface area contributed by atoms with E-state index in [1.807, 2.05) is 32.0 Å². The Bertz CT molecular complexity index is 549. The number of aromatic nitrogens is 1. The van der Waals surface area contributed by atoms with Crippen LogP contribution in [-0.4, -0.2) is 17.6 Å². The van der Waals surface area contributed by atoms with Crippen molar-refractivity contribution in [2.45, 2.75) is 33.3 Å². The summed E-state index contributed by atoms with van der Waals surface area (Å²) in [6.07, 6.45) is 1.01. The van der Waals surface area contributed by atoms with E-state index in [0.29, 0.717) is 6.54 Å². The monoisotopic (exact) mass is 244 g/mol. The van der Waals surface area contributed by atoms with E-state index >= 15 is 0 Å². The van der Waals surface area contributed by atoms with Gasteiger partial charge in [-0.1, -0.05) is 0 Å². The van der Waals surface area contributed by atoms with Gasteiger partial charge < -0.3 is 10.5 Å². The molecule has 0 bridgehead atoms. The summed E-state index contributed by atoms with van der Waals surface area (Å²) in [6.45, 7) is 6.76. The standard InChI is InChI=1S/C15H20N2O/c1-10(2)18-13-4-5-15-12(9-13)8-11(3)14(17-15)6-7-16/h4-5,8-10H,6-7,16H2,1-3H3. The van der Waals surface area contributed by atoms with Crippen LogP contribution in [0.5, 0.6) is 5.75 Å². The Balaban J connectivity index is 2.42. The molecule has 0 aliphatic heterocycles. The van der Waals surface area contributed by atoms with Crippen LogP contribution in [0, 0.1) is 6.92 Å². The Kier molecular flexibility index (Phi) is 3.82. The molecule has 3 heteroatoms. The first-order valence-corrected chi connectivity index (χ1v) is 6.37. The van der Waals surface area contributed by atoms with Gasteiger partial charge in [0.2, 0.25) is 0 Å². The number of nitrogens with two attached hydrogens (primary N) is 1. The first kappa shape index (κ1) is 12.8. The van der Waals surface area contributed by atoms with Crippen molar-refractivity contribution in [3.63, 3.8) is 0 Å². The number of hydrogen-bond acceptors (Lipinski definition) is 3. The Hall–Kier alpha value is -1.61. The van der Waals surface area contributed by atoms with Crippen molar-refractivity contribution >= 4 is 10.9 Å². The maximum atomic E-state index is 5.69. The molecule has 0 saturated heterocycles. The van der Waals surface area contributed by atoms with Crippen LogP contribution in [0.3, 0.4) is 0 Å². The molecule has 0 amide bonds. The average molecular weight is 244 g/mol. The van der Waals surface area contributed by atoms with E-state index in [1.165, 1.54) is 5.56 Å². The van der Waals surface area contributed by atoms with Gasteiger partial charge in [0.25, 0.3) is 0 Å². The number of benzene rings is 1. The number of fused-ring (bicyclic) bond motifs is 1. The normalized spacial score (nSPS) is 11.2. The Morgan fingerprint density at radius 3 is 2.72 bits per heavy atom. The second-order valence-corrected chi connectivity index (χ2v) is 4.81. The van der Waals surface area contributed by atoms with Crippen LogP contribution in [0.15, 0.2) is 24.3 Å². The van der Waals surface area contributed by atoms with Gasteiger partial charge in [-0.25, -0.2) is 0 Å². The minimum absolute atomic E-state index is 0.188. The molecule has 2 N–H and O–H groups in total. The fourth-order valence-electron chi connectivity index (χ4n) is 2.04. The van der Waals surface area contributed by atoms with Crippen molar-refractivity contribution in [3.05, 3.63) is 35.5 Å². The van der Waals surface area contributed by atoms with Crippen LogP contribution in [0.1, 0.15) is 25.1 Å². The number of nitrogens with zero attached hydrogens (tertiary/aromatic N) is 1. The lowest BCUT2D eigenvalue weighted by Gasteiger charge is -2.11. The highest BCUT2D eigenvalue weighted by molar-refractivity contribution is 5.81. The van der Waals surface area contributed by atoms with Crippen molar-refractivity contribution in [2.24, 2.45) is 5.73 Å². The fraction of sp³-hybridized carbons (Fsp3) is 0.400. The van der Waals surface area contributed by atoms with Crippen LogP contribution in [0.4, 0.5) is 0 Å². The van der Waals surface area contributed by atoms with Gasteiger partial charge in [-0.3, -0.25) is 4.98 Å². The molecule has 2 aromatic rings. The van der Waals surface area contributed by atoms with Gasteiger partial charge in [0.05, 0.1) is 11.6 Å². The zero-order valence-corrected chi connectivity index (χ0v) is 11.2. The molecule has 0 spiro atoms. The predicted molar refractivity (Wildman–Crippen MR) is 75.0 cm³/mol. The lowest BCUT2D eigenvalue weighted by atomic mass is 10.1. The SMILES string of the molecule is Cc1cc2cc(OC(C)C)ccc2nc1CCN. The van der Waals surface area contributed by atoms with Gasteiger partial charge in [0.15, 0.2) is 0 Å². The summed E-state index contributed by atoms with van der Waals surface area (Å²) in [7, 11) is 0. The minimum Gasteiger partial charge on any atom is -0.491 e. The maximum absolute atomic E-state index is 5.69. The van der Waals surface area contributed by atoms with Crippen molar-refractivity contribution in [1.29, 1.82) is 0 Å². The molecule has 1 heterocycles. The van der Waals surface area contributed by atoms with E-state index in [9.17, 15) is 0 Å².